The Labute approximate surface area is 103 Å². The zero-order valence-corrected chi connectivity index (χ0v) is 11.2. The van der Waals surface area contributed by atoms with Gasteiger partial charge in [0.05, 0.1) is 31.8 Å². The molecule has 0 aromatic carbocycles. The number of carbonyl (C=O) groups excluding carboxylic acids is 1. The second-order valence-electron chi connectivity index (χ2n) is 4.56. The van der Waals surface area contributed by atoms with Crippen LogP contribution in [0.5, 0.6) is 0 Å². The average Bonchev–Trinajstić information content (AvgIpc) is 2.76. The maximum absolute atomic E-state index is 12.3. The van der Waals surface area contributed by atoms with Crippen LogP contribution in [0.15, 0.2) is 0 Å². The third kappa shape index (κ3) is 3.66. The van der Waals surface area contributed by atoms with Gasteiger partial charge in [-0.15, -0.1) is 0 Å². The van der Waals surface area contributed by atoms with Crippen molar-refractivity contribution in [2.75, 3.05) is 40.5 Å². The fourth-order valence-electron chi connectivity index (χ4n) is 2.09. The van der Waals surface area contributed by atoms with Gasteiger partial charge in [0.2, 0.25) is 5.91 Å². The Morgan fingerprint density at radius 2 is 2.29 bits per heavy atom. The summed E-state index contributed by atoms with van der Waals surface area (Å²) in [6.07, 6.45) is 0. The molecule has 0 aromatic rings. The molecule has 100 valence electrons. The van der Waals surface area contributed by atoms with E-state index in [4.69, 9.17) is 9.47 Å². The van der Waals surface area contributed by atoms with Gasteiger partial charge in [0, 0.05) is 20.2 Å². The van der Waals surface area contributed by atoms with Crippen molar-refractivity contribution in [1.82, 2.24) is 10.2 Å². The molecule has 3 unspecified atom stereocenters. The molecular weight excluding hydrogens is 220 g/mol. The van der Waals surface area contributed by atoms with E-state index in [-0.39, 0.29) is 23.9 Å². The number of rotatable bonds is 6. The summed E-state index contributed by atoms with van der Waals surface area (Å²) in [5.74, 6) is 0.0669. The first-order chi connectivity index (χ1) is 8.11. The van der Waals surface area contributed by atoms with Crippen LogP contribution in [-0.4, -0.2) is 63.4 Å². The third-order valence-corrected chi connectivity index (χ3v) is 3.28. The lowest BCUT2D eigenvalue weighted by atomic mass is 10.0. The molecule has 1 fully saturated rings. The van der Waals surface area contributed by atoms with E-state index in [9.17, 15) is 4.79 Å². The SMILES string of the molecule is CCNC1COCC1C(=O)N(C)C(C)COC. The second kappa shape index (κ2) is 6.93. The summed E-state index contributed by atoms with van der Waals surface area (Å²) in [6, 6.07) is 0.236. The minimum Gasteiger partial charge on any atom is -0.383 e. The average molecular weight is 244 g/mol. The normalized spacial score (nSPS) is 25.9. The summed E-state index contributed by atoms with van der Waals surface area (Å²) in [4.78, 5) is 14.1. The molecule has 1 aliphatic rings. The predicted molar refractivity (Wildman–Crippen MR) is 65.9 cm³/mol. The first kappa shape index (κ1) is 14.4. The van der Waals surface area contributed by atoms with Crippen molar-refractivity contribution in [2.24, 2.45) is 5.92 Å². The zero-order valence-electron chi connectivity index (χ0n) is 11.2. The lowest BCUT2D eigenvalue weighted by Gasteiger charge is -2.28. The molecule has 5 nitrogen and oxygen atoms in total. The first-order valence-electron chi connectivity index (χ1n) is 6.18. The van der Waals surface area contributed by atoms with Crippen molar-refractivity contribution >= 4 is 5.91 Å². The fraction of sp³-hybridized carbons (Fsp3) is 0.917. The largest absolute Gasteiger partial charge is 0.383 e. The van der Waals surface area contributed by atoms with Gasteiger partial charge in [-0.1, -0.05) is 6.92 Å². The molecule has 0 aliphatic carbocycles. The number of carbonyl (C=O) groups is 1. The van der Waals surface area contributed by atoms with Crippen LogP contribution in [0.3, 0.4) is 0 Å². The highest BCUT2D eigenvalue weighted by molar-refractivity contribution is 5.80. The van der Waals surface area contributed by atoms with Gasteiger partial charge in [0.15, 0.2) is 0 Å². The highest BCUT2D eigenvalue weighted by atomic mass is 16.5. The molecule has 1 amide bonds. The van der Waals surface area contributed by atoms with Crippen LogP contribution in [0.1, 0.15) is 13.8 Å². The summed E-state index contributed by atoms with van der Waals surface area (Å²) in [5.41, 5.74) is 0. The van der Waals surface area contributed by atoms with Crippen LogP contribution in [0, 0.1) is 5.92 Å². The van der Waals surface area contributed by atoms with Crippen LogP contribution in [0.4, 0.5) is 0 Å². The molecule has 0 spiro atoms. The Morgan fingerprint density at radius 1 is 1.59 bits per heavy atom. The number of methoxy groups -OCH3 is 1. The summed E-state index contributed by atoms with van der Waals surface area (Å²) in [5, 5.41) is 3.30. The van der Waals surface area contributed by atoms with E-state index in [1.807, 2.05) is 20.9 Å². The Bertz CT molecular complexity index is 248. The quantitative estimate of drug-likeness (QED) is 0.720. The maximum atomic E-state index is 12.3. The number of amides is 1. The first-order valence-corrected chi connectivity index (χ1v) is 6.18. The van der Waals surface area contributed by atoms with E-state index in [0.29, 0.717) is 19.8 Å². The molecular formula is C12H24N2O3. The van der Waals surface area contributed by atoms with Gasteiger partial charge in [-0.2, -0.15) is 0 Å². The van der Waals surface area contributed by atoms with Crippen molar-refractivity contribution in [2.45, 2.75) is 25.9 Å². The molecule has 0 radical (unpaired) electrons. The molecule has 1 N–H and O–H groups in total. The van der Waals surface area contributed by atoms with Crippen LogP contribution < -0.4 is 5.32 Å². The van der Waals surface area contributed by atoms with Crippen molar-refractivity contribution in [3.63, 3.8) is 0 Å². The lowest BCUT2D eigenvalue weighted by molar-refractivity contribution is -0.137. The van der Waals surface area contributed by atoms with E-state index in [1.165, 1.54) is 0 Å². The molecule has 0 saturated carbocycles. The molecule has 17 heavy (non-hydrogen) atoms. The standard InChI is InChI=1S/C12H24N2O3/c1-5-13-11-8-17-7-10(11)12(15)14(3)9(2)6-16-4/h9-11,13H,5-8H2,1-4H3. The monoisotopic (exact) mass is 244 g/mol. The Kier molecular flexibility index (Phi) is 5.88. The van der Waals surface area contributed by atoms with Gasteiger partial charge >= 0.3 is 0 Å². The third-order valence-electron chi connectivity index (χ3n) is 3.28. The smallest absolute Gasteiger partial charge is 0.229 e. The van der Waals surface area contributed by atoms with Gasteiger partial charge in [-0.25, -0.2) is 0 Å². The highest BCUT2D eigenvalue weighted by Crippen LogP contribution is 2.17. The van der Waals surface area contributed by atoms with E-state index in [1.54, 1.807) is 12.0 Å². The van der Waals surface area contributed by atoms with Gasteiger partial charge in [-0.3, -0.25) is 4.79 Å². The summed E-state index contributed by atoms with van der Waals surface area (Å²) < 4.78 is 10.5. The second-order valence-corrected chi connectivity index (χ2v) is 4.56. The summed E-state index contributed by atoms with van der Waals surface area (Å²) >= 11 is 0. The van der Waals surface area contributed by atoms with Crippen LogP contribution in [-0.2, 0) is 14.3 Å². The number of nitrogens with zero attached hydrogens (tertiary/aromatic N) is 1. The molecule has 1 aliphatic heterocycles. The van der Waals surface area contributed by atoms with E-state index >= 15 is 0 Å². The van der Waals surface area contributed by atoms with Gasteiger partial charge < -0.3 is 19.7 Å². The maximum Gasteiger partial charge on any atom is 0.229 e. The Morgan fingerprint density at radius 3 is 2.88 bits per heavy atom. The topological polar surface area (TPSA) is 50.8 Å². The van der Waals surface area contributed by atoms with Crippen molar-refractivity contribution in [3.05, 3.63) is 0 Å². The molecule has 0 bridgehead atoms. The Balaban J connectivity index is 2.55. The van der Waals surface area contributed by atoms with Crippen molar-refractivity contribution < 1.29 is 14.3 Å². The van der Waals surface area contributed by atoms with Crippen LogP contribution in [0.25, 0.3) is 0 Å². The van der Waals surface area contributed by atoms with Gasteiger partial charge in [0.1, 0.15) is 0 Å². The minimum atomic E-state index is -0.0701. The van der Waals surface area contributed by atoms with E-state index in [2.05, 4.69) is 5.32 Å². The molecule has 5 heteroatoms. The highest BCUT2D eigenvalue weighted by Gasteiger charge is 2.36. The number of nitrogens with one attached hydrogen (secondary N) is 1. The van der Waals surface area contributed by atoms with Gasteiger partial charge in [-0.05, 0) is 13.5 Å². The van der Waals surface area contributed by atoms with E-state index < -0.39 is 0 Å². The molecule has 3 atom stereocenters. The number of hydrogen-bond donors (Lipinski definition) is 1. The summed E-state index contributed by atoms with van der Waals surface area (Å²) in [6.45, 7) is 6.57. The fourth-order valence-corrected chi connectivity index (χ4v) is 2.09. The molecule has 1 heterocycles. The number of hydrogen-bond acceptors (Lipinski definition) is 4. The van der Waals surface area contributed by atoms with E-state index in [0.717, 1.165) is 6.54 Å². The molecule has 1 saturated heterocycles. The molecule has 1 rings (SSSR count). The minimum absolute atomic E-state index is 0.0701. The zero-order chi connectivity index (χ0) is 12.8. The van der Waals surface area contributed by atoms with Crippen LogP contribution in [0.2, 0.25) is 0 Å². The lowest BCUT2D eigenvalue weighted by Crippen LogP contribution is -2.48. The van der Waals surface area contributed by atoms with Crippen molar-refractivity contribution in [1.29, 1.82) is 0 Å². The van der Waals surface area contributed by atoms with Crippen LogP contribution >= 0.6 is 0 Å². The van der Waals surface area contributed by atoms with Gasteiger partial charge in [0.25, 0.3) is 0 Å². The molecule has 0 aromatic heterocycles. The summed E-state index contributed by atoms with van der Waals surface area (Å²) in [7, 11) is 3.47. The number of likely N-dealkylation sites (N-methyl/N-ethyl adjacent to an activating group) is 2. The Hall–Kier alpha value is -0.650. The van der Waals surface area contributed by atoms with Crippen molar-refractivity contribution in [3.8, 4) is 0 Å². The number of ether oxygens (including phenoxy) is 2. The predicted octanol–water partition coefficient (Wildman–Crippen LogP) is 0.104.